The molecule has 2 N–H and O–H groups in total. The molecule has 1 aromatic rings. The standard InChI is InChI=1S/C16H24N2O2/c1-12-7-8-14(16(19)20)15(11-12)17-9-10-18(2)13-5-3-4-6-13/h7-8,11,13,17H,3-6,9-10H2,1-2H3,(H,19,20). The highest BCUT2D eigenvalue weighted by Gasteiger charge is 2.19. The van der Waals surface area contributed by atoms with Gasteiger partial charge in [0.15, 0.2) is 0 Å². The zero-order chi connectivity index (χ0) is 14.5. The van der Waals surface area contributed by atoms with E-state index >= 15 is 0 Å². The summed E-state index contributed by atoms with van der Waals surface area (Å²) in [6, 6.07) is 6.10. The normalized spacial score (nSPS) is 15.8. The van der Waals surface area contributed by atoms with Gasteiger partial charge < -0.3 is 15.3 Å². The molecule has 0 aromatic heterocycles. The smallest absolute Gasteiger partial charge is 0.337 e. The first-order valence-electron chi connectivity index (χ1n) is 7.36. The average Bonchev–Trinajstić information content (AvgIpc) is 2.92. The monoisotopic (exact) mass is 276 g/mol. The number of carboxylic acids is 1. The first-order chi connectivity index (χ1) is 9.58. The third-order valence-electron chi connectivity index (χ3n) is 4.13. The molecule has 0 bridgehead atoms. The Balaban J connectivity index is 1.90. The molecule has 0 saturated heterocycles. The summed E-state index contributed by atoms with van der Waals surface area (Å²) >= 11 is 0. The van der Waals surface area contributed by atoms with Crippen LogP contribution in [0.3, 0.4) is 0 Å². The third kappa shape index (κ3) is 3.73. The Bertz CT molecular complexity index is 468. The highest BCUT2D eigenvalue weighted by atomic mass is 16.4. The number of carboxylic acid groups (broad SMARTS) is 1. The van der Waals surface area contributed by atoms with Gasteiger partial charge in [0.05, 0.1) is 5.56 Å². The van der Waals surface area contributed by atoms with Crippen molar-refractivity contribution >= 4 is 11.7 Å². The summed E-state index contributed by atoms with van der Waals surface area (Å²) in [6.07, 6.45) is 5.26. The van der Waals surface area contributed by atoms with Gasteiger partial charge in [-0.3, -0.25) is 0 Å². The Kier molecular flexibility index (Phi) is 5.01. The minimum absolute atomic E-state index is 0.346. The van der Waals surface area contributed by atoms with E-state index < -0.39 is 5.97 Å². The van der Waals surface area contributed by atoms with Crippen molar-refractivity contribution in [2.75, 3.05) is 25.5 Å². The predicted octanol–water partition coefficient (Wildman–Crippen LogP) is 2.98. The van der Waals surface area contributed by atoms with Gasteiger partial charge in [-0.25, -0.2) is 4.79 Å². The topological polar surface area (TPSA) is 52.6 Å². The molecule has 0 aliphatic heterocycles. The van der Waals surface area contributed by atoms with E-state index in [0.29, 0.717) is 11.6 Å². The van der Waals surface area contributed by atoms with Crippen molar-refractivity contribution in [1.82, 2.24) is 4.90 Å². The van der Waals surface area contributed by atoms with Gasteiger partial charge in [0.25, 0.3) is 0 Å². The second kappa shape index (κ2) is 6.75. The number of anilines is 1. The first kappa shape index (κ1) is 14.9. The van der Waals surface area contributed by atoms with Gasteiger partial charge in [0.1, 0.15) is 0 Å². The van der Waals surface area contributed by atoms with Gasteiger partial charge in [-0.05, 0) is 44.5 Å². The number of rotatable bonds is 6. The van der Waals surface area contributed by atoms with E-state index in [2.05, 4.69) is 17.3 Å². The largest absolute Gasteiger partial charge is 0.478 e. The van der Waals surface area contributed by atoms with Crippen LogP contribution in [0.2, 0.25) is 0 Å². The molecule has 20 heavy (non-hydrogen) atoms. The molecule has 1 aliphatic rings. The molecule has 2 rings (SSSR count). The van der Waals surface area contributed by atoms with Crippen LogP contribution >= 0.6 is 0 Å². The Morgan fingerprint density at radius 1 is 1.40 bits per heavy atom. The van der Waals surface area contributed by atoms with E-state index in [1.807, 2.05) is 19.1 Å². The Morgan fingerprint density at radius 3 is 2.75 bits per heavy atom. The second-order valence-electron chi connectivity index (χ2n) is 5.70. The highest BCUT2D eigenvalue weighted by Crippen LogP contribution is 2.22. The Labute approximate surface area is 120 Å². The fourth-order valence-corrected chi connectivity index (χ4v) is 2.89. The van der Waals surface area contributed by atoms with E-state index in [-0.39, 0.29) is 0 Å². The van der Waals surface area contributed by atoms with Gasteiger partial charge in [-0.1, -0.05) is 18.9 Å². The maximum Gasteiger partial charge on any atom is 0.337 e. The van der Waals surface area contributed by atoms with E-state index in [0.717, 1.165) is 24.3 Å². The fourth-order valence-electron chi connectivity index (χ4n) is 2.89. The number of likely N-dealkylation sites (N-methyl/N-ethyl adjacent to an activating group) is 1. The van der Waals surface area contributed by atoms with E-state index in [1.54, 1.807) is 6.07 Å². The van der Waals surface area contributed by atoms with Crippen LogP contribution in [0, 0.1) is 6.92 Å². The molecular formula is C16H24N2O2. The van der Waals surface area contributed by atoms with Crippen LogP contribution in [0.4, 0.5) is 5.69 Å². The molecule has 1 aliphatic carbocycles. The zero-order valence-electron chi connectivity index (χ0n) is 12.4. The maximum atomic E-state index is 11.2. The molecule has 4 nitrogen and oxygen atoms in total. The number of aromatic carboxylic acids is 1. The molecule has 0 radical (unpaired) electrons. The predicted molar refractivity (Wildman–Crippen MR) is 81.5 cm³/mol. The van der Waals surface area contributed by atoms with E-state index in [1.165, 1.54) is 25.7 Å². The Hall–Kier alpha value is -1.55. The summed E-state index contributed by atoms with van der Waals surface area (Å²) in [7, 11) is 2.16. The molecule has 0 unspecified atom stereocenters. The molecule has 0 spiro atoms. The summed E-state index contributed by atoms with van der Waals surface area (Å²) in [5.74, 6) is -0.878. The van der Waals surface area contributed by atoms with Crippen LogP contribution < -0.4 is 5.32 Å². The molecule has 4 heteroatoms. The lowest BCUT2D eigenvalue weighted by Gasteiger charge is -2.24. The first-order valence-corrected chi connectivity index (χ1v) is 7.36. The number of benzene rings is 1. The molecule has 1 aromatic carbocycles. The summed E-state index contributed by atoms with van der Waals surface area (Å²) in [4.78, 5) is 13.6. The van der Waals surface area contributed by atoms with Crippen molar-refractivity contribution in [3.05, 3.63) is 29.3 Å². The molecule has 0 amide bonds. The number of aryl methyl sites for hydroxylation is 1. The van der Waals surface area contributed by atoms with Crippen LogP contribution in [-0.2, 0) is 0 Å². The third-order valence-corrected chi connectivity index (χ3v) is 4.13. The van der Waals surface area contributed by atoms with Crippen LogP contribution in [-0.4, -0.2) is 42.2 Å². The maximum absolute atomic E-state index is 11.2. The number of nitrogens with one attached hydrogen (secondary N) is 1. The lowest BCUT2D eigenvalue weighted by molar-refractivity contribution is 0.0698. The van der Waals surface area contributed by atoms with Crippen molar-refractivity contribution in [1.29, 1.82) is 0 Å². The molecule has 1 fully saturated rings. The molecule has 0 atom stereocenters. The van der Waals surface area contributed by atoms with Crippen molar-refractivity contribution in [3.63, 3.8) is 0 Å². The molecule has 1 saturated carbocycles. The van der Waals surface area contributed by atoms with Gasteiger partial charge >= 0.3 is 5.97 Å². The average molecular weight is 276 g/mol. The summed E-state index contributed by atoms with van der Waals surface area (Å²) in [5.41, 5.74) is 2.14. The number of hydrogen-bond donors (Lipinski definition) is 2. The summed E-state index contributed by atoms with van der Waals surface area (Å²) < 4.78 is 0. The quantitative estimate of drug-likeness (QED) is 0.838. The SMILES string of the molecule is Cc1ccc(C(=O)O)c(NCCN(C)C2CCCC2)c1. The number of nitrogens with zero attached hydrogens (tertiary/aromatic N) is 1. The highest BCUT2D eigenvalue weighted by molar-refractivity contribution is 5.94. The van der Waals surface area contributed by atoms with E-state index in [4.69, 9.17) is 0 Å². The number of carbonyl (C=O) groups is 1. The van der Waals surface area contributed by atoms with Crippen LogP contribution in [0.25, 0.3) is 0 Å². The summed E-state index contributed by atoms with van der Waals surface area (Å²) in [6.45, 7) is 3.69. The minimum atomic E-state index is -0.878. The van der Waals surface area contributed by atoms with Gasteiger partial charge in [-0.2, -0.15) is 0 Å². The molecular weight excluding hydrogens is 252 g/mol. The van der Waals surface area contributed by atoms with Crippen molar-refractivity contribution in [2.24, 2.45) is 0 Å². The fraction of sp³-hybridized carbons (Fsp3) is 0.562. The van der Waals surface area contributed by atoms with E-state index in [9.17, 15) is 9.90 Å². The summed E-state index contributed by atoms with van der Waals surface area (Å²) in [5, 5.41) is 12.5. The molecule has 110 valence electrons. The van der Waals surface area contributed by atoms with Gasteiger partial charge in [0.2, 0.25) is 0 Å². The lowest BCUT2D eigenvalue weighted by atomic mass is 10.1. The Morgan fingerprint density at radius 2 is 2.10 bits per heavy atom. The zero-order valence-corrected chi connectivity index (χ0v) is 12.4. The second-order valence-corrected chi connectivity index (χ2v) is 5.70. The molecule has 0 heterocycles. The van der Waals surface area contributed by atoms with Crippen molar-refractivity contribution < 1.29 is 9.90 Å². The van der Waals surface area contributed by atoms with Crippen LogP contribution in [0.1, 0.15) is 41.6 Å². The van der Waals surface area contributed by atoms with Crippen molar-refractivity contribution in [2.45, 2.75) is 38.6 Å². The van der Waals surface area contributed by atoms with Crippen LogP contribution in [0.5, 0.6) is 0 Å². The van der Waals surface area contributed by atoms with Crippen molar-refractivity contribution in [3.8, 4) is 0 Å². The van der Waals surface area contributed by atoms with Gasteiger partial charge in [0, 0.05) is 24.8 Å². The minimum Gasteiger partial charge on any atom is -0.478 e. The number of hydrogen-bond acceptors (Lipinski definition) is 3. The lowest BCUT2D eigenvalue weighted by Crippen LogP contribution is -2.33. The van der Waals surface area contributed by atoms with Gasteiger partial charge in [-0.15, -0.1) is 0 Å². The van der Waals surface area contributed by atoms with Crippen LogP contribution in [0.15, 0.2) is 18.2 Å².